The number of benzene rings is 1. The molecule has 1 N–H and O–H groups in total. The van der Waals surface area contributed by atoms with E-state index in [4.69, 9.17) is 0 Å². The summed E-state index contributed by atoms with van der Waals surface area (Å²) in [5, 5.41) is 3.56. The second kappa shape index (κ2) is 6.83. The number of halogens is 2. The molecule has 4 nitrogen and oxygen atoms in total. The number of amides is 1. The number of hydrogen-bond acceptors (Lipinski definition) is 3. The summed E-state index contributed by atoms with van der Waals surface area (Å²) in [5.41, 5.74) is 0.692. The van der Waals surface area contributed by atoms with Crippen LogP contribution in [-0.4, -0.2) is 42.6 Å². The normalized spacial score (nSPS) is 26.3. The van der Waals surface area contributed by atoms with Crippen molar-refractivity contribution in [3.05, 3.63) is 29.8 Å². The third kappa shape index (κ3) is 3.99. The van der Waals surface area contributed by atoms with Gasteiger partial charge in [0.1, 0.15) is 5.75 Å². The number of fused-ring (bicyclic) bond motifs is 2. The minimum absolute atomic E-state index is 0.0190. The quantitative estimate of drug-likeness (QED) is 0.905. The van der Waals surface area contributed by atoms with Gasteiger partial charge in [-0.3, -0.25) is 4.79 Å². The Hall–Kier alpha value is -1.69. The molecule has 2 fully saturated rings. The predicted molar refractivity (Wildman–Crippen MR) is 82.5 cm³/mol. The average molecular weight is 324 g/mol. The molecule has 0 aromatic heterocycles. The number of carbonyl (C=O) groups is 1. The van der Waals surface area contributed by atoms with E-state index in [-0.39, 0.29) is 24.1 Å². The van der Waals surface area contributed by atoms with Gasteiger partial charge in [-0.15, -0.1) is 0 Å². The van der Waals surface area contributed by atoms with Gasteiger partial charge in [0.15, 0.2) is 0 Å². The fourth-order valence-electron chi connectivity index (χ4n) is 3.68. The number of carbonyl (C=O) groups excluding carboxylic acids is 1. The molecule has 126 valence electrons. The Morgan fingerprint density at radius 2 is 2.04 bits per heavy atom. The van der Waals surface area contributed by atoms with E-state index >= 15 is 0 Å². The summed E-state index contributed by atoms with van der Waals surface area (Å²) in [7, 11) is 1.84. The molecule has 0 spiro atoms. The number of hydrogen-bond donors (Lipinski definition) is 1. The summed E-state index contributed by atoms with van der Waals surface area (Å²) in [4.78, 5) is 14.3. The van der Waals surface area contributed by atoms with Crippen molar-refractivity contribution < 1.29 is 18.3 Å². The Balaban J connectivity index is 1.60. The lowest BCUT2D eigenvalue weighted by Crippen LogP contribution is -2.49. The largest absolute Gasteiger partial charge is 0.435 e. The fraction of sp³-hybridized carbons (Fsp3) is 0.588. The Morgan fingerprint density at radius 1 is 1.35 bits per heavy atom. The minimum atomic E-state index is -2.85. The maximum Gasteiger partial charge on any atom is 0.387 e. The van der Waals surface area contributed by atoms with Crippen LogP contribution in [0.2, 0.25) is 0 Å². The van der Waals surface area contributed by atoms with Crippen LogP contribution in [0.4, 0.5) is 8.78 Å². The van der Waals surface area contributed by atoms with Crippen molar-refractivity contribution >= 4 is 5.91 Å². The summed E-state index contributed by atoms with van der Waals surface area (Å²) >= 11 is 0. The van der Waals surface area contributed by atoms with E-state index in [1.165, 1.54) is 25.0 Å². The molecule has 3 rings (SSSR count). The summed E-state index contributed by atoms with van der Waals surface area (Å²) in [6.07, 6.45) is 4.57. The maximum atomic E-state index is 12.5. The average Bonchev–Trinajstić information content (AvgIpc) is 2.84. The molecule has 0 radical (unpaired) electrons. The molecule has 0 saturated carbocycles. The van der Waals surface area contributed by atoms with Crippen LogP contribution < -0.4 is 10.1 Å². The van der Waals surface area contributed by atoms with E-state index in [1.54, 1.807) is 12.1 Å². The van der Waals surface area contributed by atoms with Crippen molar-refractivity contribution in [1.29, 1.82) is 0 Å². The number of nitrogens with one attached hydrogen (secondary N) is 1. The fourth-order valence-corrected chi connectivity index (χ4v) is 3.68. The molecule has 23 heavy (non-hydrogen) atoms. The van der Waals surface area contributed by atoms with Crippen LogP contribution in [0.1, 0.15) is 31.2 Å². The number of rotatable bonds is 5. The van der Waals surface area contributed by atoms with Gasteiger partial charge < -0.3 is 15.0 Å². The maximum absolute atomic E-state index is 12.5. The molecule has 6 heteroatoms. The van der Waals surface area contributed by atoms with Crippen molar-refractivity contribution in [2.24, 2.45) is 0 Å². The molecule has 0 aliphatic carbocycles. The number of ether oxygens (including phenoxy) is 1. The lowest BCUT2D eigenvalue weighted by molar-refractivity contribution is -0.131. The standard InChI is InChI=1S/C17H22F2N2O2/c1-21(14-9-12-5-6-13(10-14)20-12)16(22)8-11-3-2-4-15(7-11)23-17(18)19/h2-4,7,12-14,17,20H,5-6,8-10H2,1H3. The predicted octanol–water partition coefficient (Wildman–Crippen LogP) is 2.57. The van der Waals surface area contributed by atoms with E-state index < -0.39 is 6.61 Å². The summed E-state index contributed by atoms with van der Waals surface area (Å²) < 4.78 is 28.9. The molecular formula is C17H22F2N2O2. The van der Waals surface area contributed by atoms with Gasteiger partial charge in [0.2, 0.25) is 5.91 Å². The third-order valence-corrected chi connectivity index (χ3v) is 4.87. The van der Waals surface area contributed by atoms with Gasteiger partial charge in [0, 0.05) is 25.2 Å². The molecule has 1 amide bonds. The van der Waals surface area contributed by atoms with E-state index in [9.17, 15) is 13.6 Å². The highest BCUT2D eigenvalue weighted by atomic mass is 19.3. The number of likely N-dealkylation sites (N-methyl/N-ethyl adjacent to an activating group) is 1. The lowest BCUT2D eigenvalue weighted by atomic mass is 9.98. The second-order valence-corrected chi connectivity index (χ2v) is 6.47. The van der Waals surface area contributed by atoms with Gasteiger partial charge in [-0.05, 0) is 43.4 Å². The van der Waals surface area contributed by atoms with Gasteiger partial charge in [-0.25, -0.2) is 0 Å². The number of nitrogens with zero attached hydrogens (tertiary/aromatic N) is 1. The van der Waals surface area contributed by atoms with E-state index in [2.05, 4.69) is 10.1 Å². The van der Waals surface area contributed by atoms with E-state index in [1.807, 2.05) is 11.9 Å². The Labute approximate surface area is 134 Å². The van der Waals surface area contributed by atoms with Crippen LogP contribution in [0.3, 0.4) is 0 Å². The molecule has 1 aromatic carbocycles. The van der Waals surface area contributed by atoms with Crippen molar-refractivity contribution in [2.75, 3.05) is 7.05 Å². The smallest absolute Gasteiger partial charge is 0.387 e. The van der Waals surface area contributed by atoms with Crippen LogP contribution in [0.25, 0.3) is 0 Å². The second-order valence-electron chi connectivity index (χ2n) is 6.47. The van der Waals surface area contributed by atoms with Crippen molar-refractivity contribution in [2.45, 2.75) is 56.8 Å². The first-order valence-electron chi connectivity index (χ1n) is 8.06. The zero-order chi connectivity index (χ0) is 16.4. The number of alkyl halides is 2. The Morgan fingerprint density at radius 3 is 2.70 bits per heavy atom. The van der Waals surface area contributed by atoms with Crippen LogP contribution in [-0.2, 0) is 11.2 Å². The topological polar surface area (TPSA) is 41.6 Å². The van der Waals surface area contributed by atoms with Crippen molar-refractivity contribution in [3.8, 4) is 5.75 Å². The summed E-state index contributed by atoms with van der Waals surface area (Å²) in [6, 6.07) is 7.68. The zero-order valence-corrected chi connectivity index (χ0v) is 13.2. The minimum Gasteiger partial charge on any atom is -0.435 e. The van der Waals surface area contributed by atoms with Gasteiger partial charge >= 0.3 is 6.61 Å². The highest BCUT2D eigenvalue weighted by Gasteiger charge is 2.36. The molecule has 2 atom stereocenters. The molecule has 2 saturated heterocycles. The van der Waals surface area contributed by atoms with Gasteiger partial charge in [0.25, 0.3) is 0 Å². The van der Waals surface area contributed by atoms with Crippen LogP contribution in [0.15, 0.2) is 24.3 Å². The first-order chi connectivity index (χ1) is 11.0. The molecule has 2 unspecified atom stereocenters. The number of piperidine rings is 1. The first kappa shape index (κ1) is 16.2. The van der Waals surface area contributed by atoms with Crippen LogP contribution in [0.5, 0.6) is 5.75 Å². The molecule has 2 aliphatic rings. The molecular weight excluding hydrogens is 302 g/mol. The summed E-state index contributed by atoms with van der Waals surface area (Å²) in [5.74, 6) is 0.110. The van der Waals surface area contributed by atoms with E-state index in [0.29, 0.717) is 17.6 Å². The van der Waals surface area contributed by atoms with Gasteiger partial charge in [-0.2, -0.15) is 8.78 Å². The highest BCUT2D eigenvalue weighted by Crippen LogP contribution is 2.29. The van der Waals surface area contributed by atoms with Crippen LogP contribution in [0, 0.1) is 0 Å². The van der Waals surface area contributed by atoms with Crippen molar-refractivity contribution in [3.63, 3.8) is 0 Å². The molecule has 2 heterocycles. The first-order valence-corrected chi connectivity index (χ1v) is 8.06. The molecule has 1 aromatic rings. The molecule has 2 aliphatic heterocycles. The van der Waals surface area contributed by atoms with Crippen molar-refractivity contribution in [1.82, 2.24) is 10.2 Å². The van der Waals surface area contributed by atoms with E-state index in [0.717, 1.165) is 12.8 Å². The lowest BCUT2D eigenvalue weighted by Gasteiger charge is -2.35. The summed E-state index contributed by atoms with van der Waals surface area (Å²) in [6.45, 7) is -2.85. The molecule has 2 bridgehead atoms. The SMILES string of the molecule is CN(C(=O)Cc1cccc(OC(F)F)c1)C1CC2CCC(C1)N2. The van der Waals surface area contributed by atoms with Gasteiger partial charge in [-0.1, -0.05) is 12.1 Å². The third-order valence-electron chi connectivity index (χ3n) is 4.87. The monoisotopic (exact) mass is 324 g/mol. The zero-order valence-electron chi connectivity index (χ0n) is 13.2. The van der Waals surface area contributed by atoms with Gasteiger partial charge in [0.05, 0.1) is 6.42 Å². The Bertz CT molecular complexity index is 555. The Kier molecular flexibility index (Phi) is 4.80. The van der Waals surface area contributed by atoms with Crippen LogP contribution >= 0.6 is 0 Å². The highest BCUT2D eigenvalue weighted by molar-refractivity contribution is 5.79.